The summed E-state index contributed by atoms with van der Waals surface area (Å²) >= 11 is 0. The molecule has 1 amide bonds. The Labute approximate surface area is 73.5 Å². The van der Waals surface area contributed by atoms with E-state index in [1.807, 2.05) is 0 Å². The molecule has 1 heterocycles. The lowest BCUT2D eigenvalue weighted by molar-refractivity contribution is 0.124. The molecule has 0 aromatic heterocycles. The molecule has 12 heavy (non-hydrogen) atoms. The van der Waals surface area contributed by atoms with Crippen molar-refractivity contribution < 1.29 is 9.53 Å². The number of nitrogens with one attached hydrogen (secondary N) is 1. The Kier molecular flexibility index (Phi) is 3.38. The molecule has 0 spiro atoms. The lowest BCUT2D eigenvalue weighted by Crippen LogP contribution is -2.31. The van der Waals surface area contributed by atoms with E-state index in [-0.39, 0.29) is 18.2 Å². The van der Waals surface area contributed by atoms with Crippen LogP contribution in [0.15, 0.2) is 0 Å². The molecule has 1 fully saturated rings. The molecular formula is C9H17NO2. The summed E-state index contributed by atoms with van der Waals surface area (Å²) in [5.74, 6) is 0. The van der Waals surface area contributed by atoms with Gasteiger partial charge in [-0.15, -0.1) is 0 Å². The first kappa shape index (κ1) is 9.36. The predicted molar refractivity (Wildman–Crippen MR) is 47.0 cm³/mol. The van der Waals surface area contributed by atoms with Crippen molar-refractivity contribution in [2.75, 3.05) is 0 Å². The van der Waals surface area contributed by atoms with Crippen molar-refractivity contribution in [2.24, 2.45) is 0 Å². The molecule has 1 N–H and O–H groups in total. The molecule has 0 saturated carbocycles. The SMILES string of the molecule is CCC[C@@H]1NC(=O)O[C@H]1CCC. The van der Waals surface area contributed by atoms with Crippen LogP contribution in [0, 0.1) is 0 Å². The highest BCUT2D eigenvalue weighted by Crippen LogP contribution is 2.17. The minimum Gasteiger partial charge on any atom is -0.444 e. The zero-order chi connectivity index (χ0) is 8.97. The van der Waals surface area contributed by atoms with E-state index in [2.05, 4.69) is 19.2 Å². The Bertz CT molecular complexity index is 143. The number of amides is 1. The van der Waals surface area contributed by atoms with Gasteiger partial charge in [-0.3, -0.25) is 0 Å². The Hall–Kier alpha value is -0.730. The van der Waals surface area contributed by atoms with Gasteiger partial charge in [0.1, 0.15) is 6.10 Å². The van der Waals surface area contributed by atoms with Crippen molar-refractivity contribution in [3.8, 4) is 0 Å². The maximum atomic E-state index is 10.9. The molecule has 2 atom stereocenters. The van der Waals surface area contributed by atoms with Gasteiger partial charge in [0, 0.05) is 0 Å². The summed E-state index contributed by atoms with van der Waals surface area (Å²) in [6.45, 7) is 4.22. The minimum atomic E-state index is -0.244. The highest BCUT2D eigenvalue weighted by Gasteiger charge is 2.31. The second-order valence-corrected chi connectivity index (χ2v) is 3.27. The molecule has 0 radical (unpaired) electrons. The molecule has 0 aliphatic carbocycles. The largest absolute Gasteiger partial charge is 0.444 e. The molecule has 1 aliphatic rings. The van der Waals surface area contributed by atoms with Crippen LogP contribution in [-0.2, 0) is 4.74 Å². The van der Waals surface area contributed by atoms with Gasteiger partial charge in [-0.25, -0.2) is 4.79 Å². The average Bonchev–Trinajstić information content (AvgIpc) is 2.33. The molecule has 0 bridgehead atoms. The first-order valence-corrected chi connectivity index (χ1v) is 4.75. The van der Waals surface area contributed by atoms with Gasteiger partial charge in [0.25, 0.3) is 0 Å². The fourth-order valence-corrected chi connectivity index (χ4v) is 1.61. The Morgan fingerprint density at radius 2 is 2.00 bits per heavy atom. The number of cyclic esters (lactones) is 1. The number of alkyl carbamates (subject to hydrolysis) is 1. The third-order valence-electron chi connectivity index (χ3n) is 2.18. The second-order valence-electron chi connectivity index (χ2n) is 3.27. The first-order chi connectivity index (χ1) is 5.77. The summed E-state index contributed by atoms with van der Waals surface area (Å²) < 4.78 is 5.12. The number of rotatable bonds is 4. The number of ether oxygens (including phenoxy) is 1. The summed E-state index contributed by atoms with van der Waals surface area (Å²) in [7, 11) is 0. The smallest absolute Gasteiger partial charge is 0.407 e. The van der Waals surface area contributed by atoms with E-state index in [9.17, 15) is 4.79 Å². The zero-order valence-corrected chi connectivity index (χ0v) is 7.80. The summed E-state index contributed by atoms with van der Waals surface area (Å²) in [6, 6.07) is 0.252. The molecule has 0 unspecified atom stereocenters. The van der Waals surface area contributed by atoms with Crippen molar-refractivity contribution in [3.63, 3.8) is 0 Å². The maximum Gasteiger partial charge on any atom is 0.407 e. The van der Waals surface area contributed by atoms with E-state index in [1.54, 1.807) is 0 Å². The van der Waals surface area contributed by atoms with Crippen LogP contribution < -0.4 is 5.32 Å². The van der Waals surface area contributed by atoms with E-state index in [0.717, 1.165) is 25.7 Å². The van der Waals surface area contributed by atoms with Gasteiger partial charge in [-0.2, -0.15) is 0 Å². The fraction of sp³-hybridized carbons (Fsp3) is 0.889. The molecule has 0 aromatic rings. The average molecular weight is 171 g/mol. The molecule has 1 aliphatic heterocycles. The normalized spacial score (nSPS) is 28.3. The van der Waals surface area contributed by atoms with Crippen LogP contribution in [0.1, 0.15) is 39.5 Å². The molecule has 1 saturated heterocycles. The van der Waals surface area contributed by atoms with Crippen LogP contribution in [0.4, 0.5) is 4.79 Å². The van der Waals surface area contributed by atoms with Crippen LogP contribution in [-0.4, -0.2) is 18.2 Å². The van der Waals surface area contributed by atoms with Crippen molar-refractivity contribution in [1.82, 2.24) is 5.32 Å². The number of hydrogen-bond acceptors (Lipinski definition) is 2. The van der Waals surface area contributed by atoms with Gasteiger partial charge < -0.3 is 10.1 Å². The minimum absolute atomic E-state index is 0.113. The summed E-state index contributed by atoms with van der Waals surface area (Å²) in [5, 5.41) is 2.83. The van der Waals surface area contributed by atoms with Gasteiger partial charge in [0.15, 0.2) is 0 Å². The van der Waals surface area contributed by atoms with Crippen LogP contribution in [0.2, 0.25) is 0 Å². The van der Waals surface area contributed by atoms with Crippen molar-refractivity contribution in [2.45, 2.75) is 51.7 Å². The van der Waals surface area contributed by atoms with Gasteiger partial charge >= 0.3 is 6.09 Å². The third kappa shape index (κ3) is 2.13. The highest BCUT2D eigenvalue weighted by atomic mass is 16.6. The second kappa shape index (κ2) is 4.33. The highest BCUT2D eigenvalue weighted by molar-refractivity contribution is 5.70. The molecule has 3 nitrogen and oxygen atoms in total. The number of carbonyl (C=O) groups is 1. The van der Waals surface area contributed by atoms with Crippen molar-refractivity contribution in [1.29, 1.82) is 0 Å². The Balaban J connectivity index is 2.41. The third-order valence-corrected chi connectivity index (χ3v) is 2.18. The zero-order valence-electron chi connectivity index (χ0n) is 7.80. The van der Waals surface area contributed by atoms with E-state index < -0.39 is 0 Å². The monoisotopic (exact) mass is 171 g/mol. The van der Waals surface area contributed by atoms with Gasteiger partial charge in [0.2, 0.25) is 0 Å². The van der Waals surface area contributed by atoms with Gasteiger partial charge in [-0.05, 0) is 12.8 Å². The van der Waals surface area contributed by atoms with Crippen LogP contribution in [0.25, 0.3) is 0 Å². The summed E-state index contributed by atoms with van der Waals surface area (Å²) in [6.07, 6.45) is 4.03. The van der Waals surface area contributed by atoms with Crippen LogP contribution in [0.3, 0.4) is 0 Å². The summed E-state index contributed by atoms with van der Waals surface area (Å²) in [4.78, 5) is 10.9. The Morgan fingerprint density at radius 3 is 2.58 bits per heavy atom. The molecule has 1 rings (SSSR count). The lowest BCUT2D eigenvalue weighted by Gasteiger charge is -2.14. The van der Waals surface area contributed by atoms with Crippen molar-refractivity contribution in [3.05, 3.63) is 0 Å². The van der Waals surface area contributed by atoms with E-state index in [1.165, 1.54) is 0 Å². The topological polar surface area (TPSA) is 38.3 Å². The fourth-order valence-electron chi connectivity index (χ4n) is 1.61. The molecule has 3 heteroatoms. The van der Waals surface area contributed by atoms with Gasteiger partial charge in [-0.1, -0.05) is 26.7 Å². The predicted octanol–water partition coefficient (Wildman–Crippen LogP) is 2.06. The quantitative estimate of drug-likeness (QED) is 0.703. The standard InChI is InChI=1S/C9H17NO2/c1-3-5-7-8(6-4-2)12-9(11)10-7/h7-8H,3-6H2,1-2H3,(H,10,11)/t7-,8-/m0/s1. The maximum absolute atomic E-state index is 10.9. The Morgan fingerprint density at radius 1 is 1.33 bits per heavy atom. The van der Waals surface area contributed by atoms with Crippen LogP contribution in [0.5, 0.6) is 0 Å². The summed E-state index contributed by atoms with van der Waals surface area (Å²) in [5.41, 5.74) is 0. The van der Waals surface area contributed by atoms with E-state index in [0.29, 0.717) is 0 Å². The molecular weight excluding hydrogens is 154 g/mol. The number of hydrogen-bond donors (Lipinski definition) is 1. The van der Waals surface area contributed by atoms with E-state index >= 15 is 0 Å². The number of carbonyl (C=O) groups excluding carboxylic acids is 1. The van der Waals surface area contributed by atoms with Gasteiger partial charge in [0.05, 0.1) is 6.04 Å². The van der Waals surface area contributed by atoms with E-state index in [4.69, 9.17) is 4.74 Å². The first-order valence-electron chi connectivity index (χ1n) is 4.75. The molecule has 70 valence electrons. The lowest BCUT2D eigenvalue weighted by atomic mass is 10.0. The van der Waals surface area contributed by atoms with Crippen LogP contribution >= 0.6 is 0 Å². The van der Waals surface area contributed by atoms with Crippen molar-refractivity contribution >= 4 is 6.09 Å². The molecule has 0 aromatic carbocycles.